The number of nitrogens with zero attached hydrogens (tertiary/aromatic N) is 6. The number of pyridine rings is 1. The Morgan fingerprint density at radius 3 is 2.69 bits per heavy atom. The normalized spacial score (nSPS) is 20.1. The van der Waals surface area contributed by atoms with E-state index >= 15 is 0 Å². The first kappa shape index (κ1) is 24.7. The molecular formula is C25H38N10O. The van der Waals surface area contributed by atoms with Crippen LogP contribution in [0.5, 0.6) is 0 Å². The Morgan fingerprint density at radius 2 is 1.92 bits per heavy atom. The summed E-state index contributed by atoms with van der Waals surface area (Å²) in [6, 6.07) is 4.20. The first-order valence-corrected chi connectivity index (χ1v) is 13.1. The monoisotopic (exact) mass is 494 g/mol. The van der Waals surface area contributed by atoms with Crippen molar-refractivity contribution in [3.8, 4) is 0 Å². The third kappa shape index (κ3) is 6.21. The van der Waals surface area contributed by atoms with Crippen molar-refractivity contribution in [1.29, 1.82) is 0 Å². The lowest BCUT2D eigenvalue weighted by Crippen LogP contribution is -2.54. The molecule has 3 fully saturated rings. The molecule has 5 rings (SSSR count). The summed E-state index contributed by atoms with van der Waals surface area (Å²) < 4.78 is 5.47. The lowest BCUT2D eigenvalue weighted by molar-refractivity contribution is 0.122. The molecule has 5 heterocycles. The van der Waals surface area contributed by atoms with Gasteiger partial charge < -0.3 is 35.9 Å². The Labute approximate surface area is 213 Å². The van der Waals surface area contributed by atoms with Gasteiger partial charge in [0.2, 0.25) is 0 Å². The fourth-order valence-electron chi connectivity index (χ4n) is 5.12. The molecule has 11 heteroatoms. The van der Waals surface area contributed by atoms with E-state index in [2.05, 4.69) is 58.4 Å². The SMILES string of the molecule is CNc1cnc(CN/N=C/c2cc(N3CCC(C4NCCCN4)CC3)ccn2)nc1N1CCOCC1. The lowest BCUT2D eigenvalue weighted by atomic mass is 9.92. The van der Waals surface area contributed by atoms with Gasteiger partial charge in [-0.1, -0.05) is 0 Å². The highest BCUT2D eigenvalue weighted by atomic mass is 16.5. The van der Waals surface area contributed by atoms with Crippen LogP contribution in [0.2, 0.25) is 0 Å². The van der Waals surface area contributed by atoms with E-state index in [9.17, 15) is 0 Å². The lowest BCUT2D eigenvalue weighted by Gasteiger charge is -2.39. The molecule has 0 aromatic carbocycles. The van der Waals surface area contributed by atoms with E-state index < -0.39 is 0 Å². The zero-order valence-corrected chi connectivity index (χ0v) is 21.1. The molecule has 0 aliphatic carbocycles. The summed E-state index contributed by atoms with van der Waals surface area (Å²) in [5, 5.41) is 14.8. The second-order valence-corrected chi connectivity index (χ2v) is 9.47. The smallest absolute Gasteiger partial charge is 0.156 e. The number of nitrogens with one attached hydrogen (secondary N) is 4. The van der Waals surface area contributed by atoms with Crippen molar-refractivity contribution >= 4 is 23.4 Å². The summed E-state index contributed by atoms with van der Waals surface area (Å²) in [6.45, 7) is 7.89. The van der Waals surface area contributed by atoms with Crippen LogP contribution in [0.4, 0.5) is 17.2 Å². The number of ether oxygens (including phenoxy) is 1. The number of piperidine rings is 1. The summed E-state index contributed by atoms with van der Waals surface area (Å²) in [6.07, 6.45) is 9.52. The molecule has 0 radical (unpaired) electrons. The van der Waals surface area contributed by atoms with Crippen LogP contribution >= 0.6 is 0 Å². The highest BCUT2D eigenvalue weighted by Gasteiger charge is 2.27. The largest absolute Gasteiger partial charge is 0.384 e. The predicted molar refractivity (Wildman–Crippen MR) is 143 cm³/mol. The zero-order valence-electron chi connectivity index (χ0n) is 21.1. The fraction of sp³-hybridized carbons (Fsp3) is 0.600. The number of anilines is 3. The third-order valence-corrected chi connectivity index (χ3v) is 7.15. The van der Waals surface area contributed by atoms with Gasteiger partial charge >= 0.3 is 0 Å². The van der Waals surface area contributed by atoms with Crippen LogP contribution in [0.1, 0.15) is 30.8 Å². The van der Waals surface area contributed by atoms with E-state index in [0.29, 0.717) is 37.7 Å². The van der Waals surface area contributed by atoms with Crippen LogP contribution in [0.25, 0.3) is 0 Å². The average Bonchev–Trinajstić information content (AvgIpc) is 2.96. The molecule has 2 aromatic heterocycles. The van der Waals surface area contributed by atoms with Crippen molar-refractivity contribution in [2.45, 2.75) is 32.0 Å². The van der Waals surface area contributed by atoms with E-state index in [4.69, 9.17) is 9.72 Å². The van der Waals surface area contributed by atoms with Crippen LogP contribution in [0, 0.1) is 5.92 Å². The summed E-state index contributed by atoms with van der Waals surface area (Å²) in [5.41, 5.74) is 6.03. The summed E-state index contributed by atoms with van der Waals surface area (Å²) >= 11 is 0. The van der Waals surface area contributed by atoms with Crippen LogP contribution in [-0.4, -0.2) is 86.9 Å². The Morgan fingerprint density at radius 1 is 1.11 bits per heavy atom. The number of morpholine rings is 1. The van der Waals surface area contributed by atoms with Crippen LogP contribution < -0.4 is 31.2 Å². The highest BCUT2D eigenvalue weighted by Crippen LogP contribution is 2.25. The Balaban J connectivity index is 1.13. The van der Waals surface area contributed by atoms with Crippen molar-refractivity contribution in [3.63, 3.8) is 0 Å². The van der Waals surface area contributed by atoms with Gasteiger partial charge in [0.25, 0.3) is 0 Å². The maximum Gasteiger partial charge on any atom is 0.156 e. The minimum absolute atomic E-state index is 0.439. The van der Waals surface area contributed by atoms with Gasteiger partial charge in [-0.05, 0) is 50.4 Å². The van der Waals surface area contributed by atoms with Crippen LogP contribution in [-0.2, 0) is 11.3 Å². The summed E-state index contributed by atoms with van der Waals surface area (Å²) in [5.74, 6) is 2.30. The van der Waals surface area contributed by atoms with Gasteiger partial charge in [-0.2, -0.15) is 5.10 Å². The van der Waals surface area contributed by atoms with Crippen LogP contribution in [0.15, 0.2) is 29.6 Å². The molecule has 3 saturated heterocycles. The maximum atomic E-state index is 5.47. The van der Waals surface area contributed by atoms with E-state index in [-0.39, 0.29) is 0 Å². The number of hydrazone groups is 1. The molecule has 4 N–H and O–H groups in total. The van der Waals surface area contributed by atoms with Gasteiger partial charge in [-0.25, -0.2) is 9.97 Å². The minimum Gasteiger partial charge on any atom is -0.384 e. The quantitative estimate of drug-likeness (QED) is 0.313. The molecule has 194 valence electrons. The standard InChI is InChI=1S/C25H38N10O/c1-26-22-17-30-23(33-25(22)35-11-13-36-14-12-35)18-32-31-16-20-15-21(3-8-27-20)34-9-4-19(5-10-34)24-28-6-2-7-29-24/h3,8,15-17,19,24,26,28-29,32H,2,4-7,9-14,18H2,1H3/b31-16+. The number of hydrogen-bond donors (Lipinski definition) is 4. The van der Waals surface area contributed by atoms with Gasteiger partial charge in [0.05, 0.1) is 49.7 Å². The third-order valence-electron chi connectivity index (χ3n) is 7.15. The molecule has 0 amide bonds. The number of aromatic nitrogens is 3. The molecule has 11 nitrogen and oxygen atoms in total. The molecular weight excluding hydrogens is 456 g/mol. The highest BCUT2D eigenvalue weighted by molar-refractivity contribution is 5.78. The van der Waals surface area contributed by atoms with Gasteiger partial charge in [0.15, 0.2) is 11.6 Å². The maximum absolute atomic E-state index is 5.47. The van der Waals surface area contributed by atoms with Gasteiger partial charge in [-0.15, -0.1) is 0 Å². The molecule has 0 atom stereocenters. The average molecular weight is 495 g/mol. The van der Waals surface area contributed by atoms with Crippen LogP contribution in [0.3, 0.4) is 0 Å². The first-order chi connectivity index (χ1) is 17.8. The molecule has 3 aliphatic heterocycles. The Bertz CT molecular complexity index is 998. The van der Waals surface area contributed by atoms with Gasteiger partial charge in [0, 0.05) is 45.1 Å². The van der Waals surface area contributed by atoms with E-state index in [0.717, 1.165) is 56.5 Å². The topological polar surface area (TPSA) is 115 Å². The molecule has 2 aromatic rings. The number of hydrogen-bond acceptors (Lipinski definition) is 11. The van der Waals surface area contributed by atoms with Gasteiger partial charge in [-0.3, -0.25) is 4.98 Å². The molecule has 36 heavy (non-hydrogen) atoms. The van der Waals surface area contributed by atoms with Crippen molar-refractivity contribution < 1.29 is 4.74 Å². The molecule has 3 aliphatic rings. The van der Waals surface area contributed by atoms with E-state index in [1.807, 2.05) is 19.4 Å². The summed E-state index contributed by atoms with van der Waals surface area (Å²) in [7, 11) is 1.89. The van der Waals surface area contributed by atoms with E-state index in [1.165, 1.54) is 24.9 Å². The minimum atomic E-state index is 0.439. The molecule has 0 bridgehead atoms. The molecule has 0 spiro atoms. The van der Waals surface area contributed by atoms with Crippen molar-refractivity contribution in [1.82, 2.24) is 31.0 Å². The fourth-order valence-corrected chi connectivity index (χ4v) is 5.12. The predicted octanol–water partition coefficient (Wildman–Crippen LogP) is 0.999. The first-order valence-electron chi connectivity index (χ1n) is 13.1. The Kier molecular flexibility index (Phi) is 8.42. The van der Waals surface area contributed by atoms with Crippen molar-refractivity contribution in [2.75, 3.05) is 74.6 Å². The molecule has 0 saturated carbocycles. The second kappa shape index (κ2) is 12.3. The summed E-state index contributed by atoms with van der Waals surface area (Å²) in [4.78, 5) is 18.4. The second-order valence-electron chi connectivity index (χ2n) is 9.47. The van der Waals surface area contributed by atoms with Gasteiger partial charge in [0.1, 0.15) is 0 Å². The zero-order chi connectivity index (χ0) is 24.6. The van der Waals surface area contributed by atoms with E-state index in [1.54, 1.807) is 6.21 Å². The Hall–Kier alpha value is -3.02. The number of rotatable bonds is 8. The molecule has 0 unspecified atom stereocenters. The van der Waals surface area contributed by atoms with Crippen molar-refractivity contribution in [2.24, 2.45) is 11.0 Å². The van der Waals surface area contributed by atoms with Crippen molar-refractivity contribution in [3.05, 3.63) is 36.0 Å².